The molecule has 0 spiro atoms. The number of carbonyl (C=O) groups is 2. The maximum absolute atomic E-state index is 13.1. The van der Waals surface area contributed by atoms with Crippen molar-refractivity contribution in [3.05, 3.63) is 34.9 Å². The van der Waals surface area contributed by atoms with Crippen LogP contribution < -0.4 is 0 Å². The number of nitrogens with zero attached hydrogens (tertiary/aromatic N) is 1. The molecule has 0 N–H and O–H groups in total. The van der Waals surface area contributed by atoms with E-state index in [2.05, 4.69) is 0 Å². The number of benzene rings is 1. The van der Waals surface area contributed by atoms with Crippen LogP contribution in [0.2, 0.25) is 5.02 Å². The van der Waals surface area contributed by atoms with Crippen LogP contribution in [0.1, 0.15) is 43.5 Å². The summed E-state index contributed by atoms with van der Waals surface area (Å²) in [6.07, 6.45) is 4.00. The molecule has 3 rings (SSSR count). The van der Waals surface area contributed by atoms with Gasteiger partial charge in [0.15, 0.2) is 0 Å². The molecule has 6 heteroatoms. The summed E-state index contributed by atoms with van der Waals surface area (Å²) in [5.74, 6) is 0.373. The van der Waals surface area contributed by atoms with Gasteiger partial charge in [-0.05, 0) is 37.5 Å². The second-order valence-corrected chi connectivity index (χ2v) is 7.79. The van der Waals surface area contributed by atoms with Gasteiger partial charge in [0.05, 0.1) is 6.61 Å². The number of halogens is 1. The van der Waals surface area contributed by atoms with E-state index in [9.17, 15) is 9.59 Å². The third-order valence-electron chi connectivity index (χ3n) is 4.65. The number of hydrogen-bond acceptors (Lipinski definition) is 4. The highest BCUT2D eigenvalue weighted by molar-refractivity contribution is 7.99. The topological polar surface area (TPSA) is 46.6 Å². The SMILES string of the molecule is CCOC(=O)C1CSC(c2cccc(Cl)c2)N1C(=O)C1CCCC1. The van der Waals surface area contributed by atoms with E-state index in [-0.39, 0.29) is 23.2 Å². The van der Waals surface area contributed by atoms with Crippen molar-refractivity contribution in [2.45, 2.75) is 44.0 Å². The van der Waals surface area contributed by atoms with Gasteiger partial charge in [0.1, 0.15) is 11.4 Å². The predicted molar refractivity (Wildman–Crippen MR) is 95.9 cm³/mol. The first-order chi connectivity index (χ1) is 11.6. The van der Waals surface area contributed by atoms with Crippen LogP contribution >= 0.6 is 23.4 Å². The molecule has 1 aromatic carbocycles. The summed E-state index contributed by atoms with van der Waals surface area (Å²) in [6, 6.07) is 7.03. The quantitative estimate of drug-likeness (QED) is 0.753. The minimum atomic E-state index is -0.507. The van der Waals surface area contributed by atoms with Gasteiger partial charge in [0, 0.05) is 16.7 Å². The Bertz CT molecular complexity index is 618. The molecule has 1 saturated heterocycles. The van der Waals surface area contributed by atoms with E-state index in [4.69, 9.17) is 16.3 Å². The third-order valence-corrected chi connectivity index (χ3v) is 6.21. The van der Waals surface area contributed by atoms with Gasteiger partial charge >= 0.3 is 5.97 Å². The molecule has 4 nitrogen and oxygen atoms in total. The van der Waals surface area contributed by atoms with Crippen molar-refractivity contribution in [1.29, 1.82) is 0 Å². The zero-order chi connectivity index (χ0) is 17.1. The number of thioether (sulfide) groups is 1. The first-order valence-electron chi connectivity index (χ1n) is 8.47. The summed E-state index contributed by atoms with van der Waals surface area (Å²) < 4.78 is 5.20. The Morgan fingerprint density at radius 1 is 1.33 bits per heavy atom. The highest BCUT2D eigenvalue weighted by atomic mass is 35.5. The van der Waals surface area contributed by atoms with Crippen LogP contribution in [0, 0.1) is 5.92 Å². The van der Waals surface area contributed by atoms with Crippen LogP contribution in [0.3, 0.4) is 0 Å². The van der Waals surface area contributed by atoms with Crippen LogP contribution in [-0.4, -0.2) is 35.2 Å². The monoisotopic (exact) mass is 367 g/mol. The Morgan fingerprint density at radius 3 is 2.75 bits per heavy atom. The van der Waals surface area contributed by atoms with Crippen molar-refractivity contribution in [1.82, 2.24) is 4.90 Å². The fourth-order valence-corrected chi connectivity index (χ4v) is 5.11. The summed E-state index contributed by atoms with van der Waals surface area (Å²) in [5, 5.41) is 0.465. The number of hydrogen-bond donors (Lipinski definition) is 0. The fourth-order valence-electron chi connectivity index (χ4n) is 3.50. The lowest BCUT2D eigenvalue weighted by Gasteiger charge is -2.30. The van der Waals surface area contributed by atoms with Crippen molar-refractivity contribution in [3.8, 4) is 0 Å². The van der Waals surface area contributed by atoms with Crippen LogP contribution in [0.25, 0.3) is 0 Å². The highest BCUT2D eigenvalue weighted by Crippen LogP contribution is 2.44. The molecule has 0 radical (unpaired) electrons. The molecule has 1 amide bonds. The van der Waals surface area contributed by atoms with Crippen molar-refractivity contribution in [3.63, 3.8) is 0 Å². The first-order valence-corrected chi connectivity index (χ1v) is 9.90. The molecular formula is C18H22ClNO3S. The van der Waals surface area contributed by atoms with Crippen molar-refractivity contribution in [2.24, 2.45) is 5.92 Å². The molecule has 1 heterocycles. The van der Waals surface area contributed by atoms with Crippen LogP contribution in [0.15, 0.2) is 24.3 Å². The van der Waals surface area contributed by atoms with Gasteiger partial charge in [-0.1, -0.05) is 36.6 Å². The summed E-state index contributed by atoms with van der Waals surface area (Å²) in [4.78, 5) is 27.2. The lowest BCUT2D eigenvalue weighted by molar-refractivity contribution is -0.155. The lowest BCUT2D eigenvalue weighted by Crippen LogP contribution is -2.46. The summed E-state index contributed by atoms with van der Waals surface area (Å²) in [7, 11) is 0. The molecule has 2 fully saturated rings. The number of carbonyl (C=O) groups excluding carboxylic acids is 2. The first kappa shape index (κ1) is 17.6. The van der Waals surface area contributed by atoms with Gasteiger partial charge in [-0.2, -0.15) is 0 Å². The molecule has 24 heavy (non-hydrogen) atoms. The zero-order valence-corrected chi connectivity index (χ0v) is 15.3. The van der Waals surface area contributed by atoms with E-state index in [0.29, 0.717) is 17.4 Å². The summed E-state index contributed by atoms with van der Waals surface area (Å²) >= 11 is 7.73. The molecule has 2 unspecified atom stereocenters. The maximum atomic E-state index is 13.1. The molecule has 1 aliphatic heterocycles. The average Bonchev–Trinajstić information content (AvgIpc) is 3.24. The normalized spacial score (nSPS) is 24.3. The Labute approximate surface area is 151 Å². The van der Waals surface area contributed by atoms with Gasteiger partial charge < -0.3 is 9.64 Å². The van der Waals surface area contributed by atoms with Gasteiger partial charge in [0.25, 0.3) is 0 Å². The molecule has 1 aromatic rings. The van der Waals surface area contributed by atoms with Crippen LogP contribution in [0.4, 0.5) is 0 Å². The number of amides is 1. The molecule has 0 bridgehead atoms. The highest BCUT2D eigenvalue weighted by Gasteiger charge is 2.45. The Morgan fingerprint density at radius 2 is 2.08 bits per heavy atom. The Kier molecular flexibility index (Phi) is 5.72. The van der Waals surface area contributed by atoms with Gasteiger partial charge in [-0.25, -0.2) is 4.79 Å². The second-order valence-electron chi connectivity index (χ2n) is 6.24. The standard InChI is InChI=1S/C18H22ClNO3S/c1-2-23-18(22)15-11-24-17(13-8-5-9-14(19)10-13)20(15)16(21)12-6-3-4-7-12/h5,8-10,12,15,17H,2-4,6-7,11H2,1H3. The van der Waals surface area contributed by atoms with Gasteiger partial charge in [0.2, 0.25) is 5.91 Å². The molecule has 2 atom stereocenters. The molecule has 130 valence electrons. The van der Waals surface area contributed by atoms with E-state index in [0.717, 1.165) is 31.2 Å². The Hall–Kier alpha value is -1.20. The van der Waals surface area contributed by atoms with E-state index < -0.39 is 6.04 Å². The minimum Gasteiger partial charge on any atom is -0.464 e. The molecule has 0 aromatic heterocycles. The largest absolute Gasteiger partial charge is 0.464 e. The van der Waals surface area contributed by atoms with E-state index >= 15 is 0 Å². The van der Waals surface area contributed by atoms with E-state index in [1.54, 1.807) is 23.6 Å². The second kappa shape index (κ2) is 7.79. The average molecular weight is 368 g/mol. The molecule has 2 aliphatic rings. The van der Waals surface area contributed by atoms with Crippen LogP contribution in [0.5, 0.6) is 0 Å². The molecular weight excluding hydrogens is 346 g/mol. The minimum absolute atomic E-state index is 0.0299. The third kappa shape index (κ3) is 3.57. The molecule has 1 aliphatic carbocycles. The zero-order valence-electron chi connectivity index (χ0n) is 13.7. The van der Waals surface area contributed by atoms with Crippen molar-refractivity contribution < 1.29 is 14.3 Å². The lowest BCUT2D eigenvalue weighted by atomic mass is 10.0. The Balaban J connectivity index is 1.89. The van der Waals surface area contributed by atoms with Crippen LogP contribution in [-0.2, 0) is 14.3 Å². The fraction of sp³-hybridized carbons (Fsp3) is 0.556. The van der Waals surface area contributed by atoms with Crippen molar-refractivity contribution in [2.75, 3.05) is 12.4 Å². The predicted octanol–water partition coefficient (Wildman–Crippen LogP) is 4.04. The number of rotatable bonds is 4. The van der Waals surface area contributed by atoms with Crippen molar-refractivity contribution >= 4 is 35.2 Å². The number of ether oxygens (including phenoxy) is 1. The van der Waals surface area contributed by atoms with E-state index in [1.165, 1.54) is 0 Å². The summed E-state index contributed by atoms with van der Waals surface area (Å²) in [6.45, 7) is 2.12. The smallest absolute Gasteiger partial charge is 0.329 e. The summed E-state index contributed by atoms with van der Waals surface area (Å²) in [5.41, 5.74) is 0.964. The maximum Gasteiger partial charge on any atom is 0.329 e. The van der Waals surface area contributed by atoms with Gasteiger partial charge in [-0.3, -0.25) is 4.79 Å². The van der Waals surface area contributed by atoms with E-state index in [1.807, 2.05) is 24.3 Å². The van der Waals surface area contributed by atoms with Gasteiger partial charge in [-0.15, -0.1) is 11.8 Å². The number of esters is 1. The molecule has 1 saturated carbocycles.